The largest absolute Gasteiger partial charge is 0.293 e. The minimum absolute atomic E-state index is 0.0366. The van der Waals surface area contributed by atoms with Crippen LogP contribution in [0, 0.1) is 5.82 Å². The zero-order chi connectivity index (χ0) is 8.72. The van der Waals surface area contributed by atoms with Gasteiger partial charge in [0.05, 0.1) is 10.1 Å². The molecule has 0 amide bonds. The van der Waals surface area contributed by atoms with Gasteiger partial charge in [0.1, 0.15) is 5.82 Å². The van der Waals surface area contributed by atoms with E-state index in [0.29, 0.717) is 10.5 Å². The first-order valence-corrected chi connectivity index (χ1v) is 4.57. The molecule has 1 aromatic carbocycles. The second-order valence-corrected chi connectivity index (χ2v) is 4.09. The first kappa shape index (κ1) is 7.80. The molecule has 0 bridgehead atoms. The fourth-order valence-corrected chi connectivity index (χ4v) is 2.34. The Morgan fingerprint density at radius 2 is 2.25 bits per heavy atom. The molecule has 3 heteroatoms. The maximum absolute atomic E-state index is 13.1. The van der Waals surface area contributed by atoms with E-state index in [1.165, 1.54) is 17.8 Å². The van der Waals surface area contributed by atoms with Gasteiger partial charge in [0.15, 0.2) is 5.78 Å². The van der Waals surface area contributed by atoms with Crippen LogP contribution in [0.25, 0.3) is 0 Å². The summed E-state index contributed by atoms with van der Waals surface area (Å²) in [6.07, 6.45) is 0. The summed E-state index contributed by atoms with van der Waals surface area (Å²) in [7, 11) is 0. The number of thioether (sulfide) groups is 1. The number of fused-ring (bicyclic) bond motifs is 1. The van der Waals surface area contributed by atoms with Crippen molar-refractivity contribution >= 4 is 17.5 Å². The topological polar surface area (TPSA) is 17.1 Å². The third-order valence-corrected chi connectivity index (χ3v) is 3.11. The van der Waals surface area contributed by atoms with Crippen molar-refractivity contribution in [1.29, 1.82) is 0 Å². The number of Topliss-reactive ketones (excluding diaryl/α,β-unsaturated/α-hetero) is 1. The first-order valence-electron chi connectivity index (χ1n) is 3.69. The molecule has 0 saturated carbocycles. The van der Waals surface area contributed by atoms with Crippen LogP contribution in [0.5, 0.6) is 0 Å². The van der Waals surface area contributed by atoms with Crippen molar-refractivity contribution in [2.24, 2.45) is 0 Å². The average molecular weight is 182 g/mol. The Morgan fingerprint density at radius 1 is 1.50 bits per heavy atom. The van der Waals surface area contributed by atoms with Crippen molar-refractivity contribution in [3.63, 3.8) is 0 Å². The molecule has 0 radical (unpaired) electrons. The molecule has 1 aliphatic rings. The van der Waals surface area contributed by atoms with E-state index in [9.17, 15) is 9.18 Å². The highest BCUT2D eigenvalue weighted by Crippen LogP contribution is 2.38. The standard InChI is InChI=1S/C9H7FOS/c1-5-8(11)6-3-2-4-7(10)9(6)12-5/h2-5H,1H3. The molecule has 1 atom stereocenters. The Hall–Kier alpha value is -0.830. The summed E-state index contributed by atoms with van der Waals surface area (Å²) in [6, 6.07) is 4.64. The van der Waals surface area contributed by atoms with Gasteiger partial charge in [0.2, 0.25) is 0 Å². The number of hydrogen-bond acceptors (Lipinski definition) is 2. The van der Waals surface area contributed by atoms with Gasteiger partial charge >= 0.3 is 0 Å². The van der Waals surface area contributed by atoms with Crippen molar-refractivity contribution in [3.05, 3.63) is 29.6 Å². The van der Waals surface area contributed by atoms with Crippen LogP contribution in [0.15, 0.2) is 23.1 Å². The predicted octanol–water partition coefficient (Wildman–Crippen LogP) is 2.50. The van der Waals surface area contributed by atoms with Gasteiger partial charge in [-0.3, -0.25) is 4.79 Å². The number of carbonyl (C=O) groups excluding carboxylic acids is 1. The summed E-state index contributed by atoms with van der Waals surface area (Å²) < 4.78 is 13.1. The lowest BCUT2D eigenvalue weighted by atomic mass is 10.1. The Balaban J connectivity index is 2.61. The van der Waals surface area contributed by atoms with Gasteiger partial charge in [-0.1, -0.05) is 12.1 Å². The molecule has 1 aliphatic heterocycles. The molecule has 1 unspecified atom stereocenters. The smallest absolute Gasteiger partial charge is 0.177 e. The highest BCUT2D eigenvalue weighted by molar-refractivity contribution is 8.01. The van der Waals surface area contributed by atoms with Crippen LogP contribution in [0.2, 0.25) is 0 Å². The summed E-state index contributed by atoms with van der Waals surface area (Å²) in [5, 5.41) is -0.128. The molecular formula is C9H7FOS. The number of benzene rings is 1. The third kappa shape index (κ3) is 0.966. The number of carbonyl (C=O) groups is 1. The number of hydrogen-bond donors (Lipinski definition) is 0. The molecule has 0 aromatic heterocycles. The monoisotopic (exact) mass is 182 g/mol. The van der Waals surface area contributed by atoms with E-state index in [1.54, 1.807) is 19.1 Å². The SMILES string of the molecule is CC1Sc2c(F)cccc2C1=O. The van der Waals surface area contributed by atoms with Crippen molar-refractivity contribution < 1.29 is 9.18 Å². The van der Waals surface area contributed by atoms with Gasteiger partial charge in [0.25, 0.3) is 0 Å². The van der Waals surface area contributed by atoms with E-state index < -0.39 is 0 Å². The fraction of sp³-hybridized carbons (Fsp3) is 0.222. The van der Waals surface area contributed by atoms with Gasteiger partial charge in [0, 0.05) is 5.56 Å². The van der Waals surface area contributed by atoms with Crippen LogP contribution in [0.3, 0.4) is 0 Å². The van der Waals surface area contributed by atoms with E-state index in [-0.39, 0.29) is 16.9 Å². The molecule has 2 rings (SSSR count). The lowest BCUT2D eigenvalue weighted by Gasteiger charge is -1.95. The van der Waals surface area contributed by atoms with E-state index in [2.05, 4.69) is 0 Å². The van der Waals surface area contributed by atoms with Crippen LogP contribution in [0.1, 0.15) is 17.3 Å². The fourth-order valence-electron chi connectivity index (χ4n) is 1.27. The number of halogens is 1. The van der Waals surface area contributed by atoms with Crippen LogP contribution in [-0.4, -0.2) is 11.0 Å². The summed E-state index contributed by atoms with van der Waals surface area (Å²) in [5.74, 6) is -0.246. The first-order chi connectivity index (χ1) is 5.70. The van der Waals surface area contributed by atoms with Crippen LogP contribution in [-0.2, 0) is 0 Å². The summed E-state index contributed by atoms with van der Waals surface area (Å²) >= 11 is 1.30. The number of ketones is 1. The van der Waals surface area contributed by atoms with Crippen molar-refractivity contribution in [2.45, 2.75) is 17.1 Å². The lowest BCUT2D eigenvalue weighted by molar-refractivity contribution is 0.0995. The highest BCUT2D eigenvalue weighted by atomic mass is 32.2. The quantitative estimate of drug-likeness (QED) is 0.613. The predicted molar refractivity (Wildman–Crippen MR) is 46.0 cm³/mol. The Bertz CT molecular complexity index is 348. The van der Waals surface area contributed by atoms with E-state index in [4.69, 9.17) is 0 Å². The maximum Gasteiger partial charge on any atom is 0.177 e. The Kier molecular flexibility index (Phi) is 1.68. The Labute approximate surface area is 74.0 Å². The Morgan fingerprint density at radius 3 is 2.92 bits per heavy atom. The minimum Gasteiger partial charge on any atom is -0.293 e. The average Bonchev–Trinajstić information content (AvgIpc) is 2.32. The van der Waals surface area contributed by atoms with E-state index in [1.807, 2.05) is 0 Å². The van der Waals surface area contributed by atoms with Crippen LogP contribution >= 0.6 is 11.8 Å². The molecule has 1 heterocycles. The molecule has 0 saturated heterocycles. The second kappa shape index (κ2) is 2.59. The maximum atomic E-state index is 13.1. The van der Waals surface area contributed by atoms with Crippen LogP contribution in [0.4, 0.5) is 4.39 Å². The van der Waals surface area contributed by atoms with Crippen molar-refractivity contribution in [1.82, 2.24) is 0 Å². The highest BCUT2D eigenvalue weighted by Gasteiger charge is 2.29. The number of rotatable bonds is 0. The molecule has 0 spiro atoms. The van der Waals surface area contributed by atoms with Crippen LogP contribution < -0.4 is 0 Å². The van der Waals surface area contributed by atoms with Gasteiger partial charge in [-0.05, 0) is 13.0 Å². The summed E-state index contributed by atoms with van der Waals surface area (Å²) in [4.78, 5) is 11.9. The zero-order valence-electron chi connectivity index (χ0n) is 6.50. The van der Waals surface area contributed by atoms with E-state index >= 15 is 0 Å². The molecule has 62 valence electrons. The van der Waals surface area contributed by atoms with Gasteiger partial charge < -0.3 is 0 Å². The molecule has 0 N–H and O–H groups in total. The lowest BCUT2D eigenvalue weighted by Crippen LogP contribution is -2.05. The molecule has 1 nitrogen and oxygen atoms in total. The van der Waals surface area contributed by atoms with Crippen molar-refractivity contribution in [3.8, 4) is 0 Å². The molecular weight excluding hydrogens is 175 g/mol. The van der Waals surface area contributed by atoms with Gasteiger partial charge in [-0.25, -0.2) is 4.39 Å². The molecule has 0 fully saturated rings. The summed E-state index contributed by atoms with van der Waals surface area (Å²) in [6.45, 7) is 1.80. The zero-order valence-corrected chi connectivity index (χ0v) is 7.32. The summed E-state index contributed by atoms with van der Waals surface area (Å²) in [5.41, 5.74) is 0.535. The minimum atomic E-state index is -0.282. The van der Waals surface area contributed by atoms with E-state index in [0.717, 1.165) is 0 Å². The van der Waals surface area contributed by atoms with Crippen molar-refractivity contribution in [2.75, 3.05) is 0 Å². The molecule has 1 aromatic rings. The second-order valence-electron chi connectivity index (χ2n) is 2.74. The molecule has 12 heavy (non-hydrogen) atoms. The van der Waals surface area contributed by atoms with Gasteiger partial charge in [-0.15, -0.1) is 11.8 Å². The normalized spacial score (nSPS) is 21.2. The molecule has 0 aliphatic carbocycles. The van der Waals surface area contributed by atoms with Gasteiger partial charge in [-0.2, -0.15) is 0 Å². The third-order valence-electron chi connectivity index (χ3n) is 1.90.